The van der Waals surface area contributed by atoms with E-state index in [1.54, 1.807) is 6.58 Å². The Balaban J connectivity index is -0.000000331. The fourth-order valence-electron chi connectivity index (χ4n) is 1.23. The Labute approximate surface area is 197 Å². The van der Waals surface area contributed by atoms with Crippen LogP contribution in [0.4, 0.5) is 88.4 Å². The van der Waals surface area contributed by atoms with Crippen molar-refractivity contribution in [2.24, 2.45) is 0 Å². The Morgan fingerprint density at radius 3 is 1.08 bits per heavy atom. The predicted octanol–water partition coefficient (Wildman–Crippen LogP) is 8.20. The summed E-state index contributed by atoms with van der Waals surface area (Å²) in [5, 5.41) is 0. The van der Waals surface area contributed by atoms with E-state index in [2.05, 4.69) is 20.8 Å². The van der Waals surface area contributed by atoms with Gasteiger partial charge < -0.3 is 9.47 Å². The second-order valence-electron chi connectivity index (χ2n) is 6.16. The van der Waals surface area contributed by atoms with Crippen molar-refractivity contribution >= 4 is 0 Å². The summed E-state index contributed by atoms with van der Waals surface area (Å²) in [4.78, 5) is 0. The zero-order valence-corrected chi connectivity index (χ0v) is 17.9. The highest BCUT2D eigenvalue weighted by Gasteiger charge is 2.78. The second kappa shape index (κ2) is 13.3. The van der Waals surface area contributed by atoms with Crippen LogP contribution in [0.25, 0.3) is 0 Å². The first-order valence-electron chi connectivity index (χ1n) is 8.13. The van der Waals surface area contributed by atoms with E-state index < -0.39 is 66.6 Å². The Morgan fingerprint density at radius 2 is 0.842 bits per heavy atom. The van der Waals surface area contributed by atoms with Crippen molar-refractivity contribution in [2.75, 3.05) is 0 Å². The largest absolute Gasteiger partial charge is 0.458 e. The molecule has 0 rings (SSSR count). The lowest BCUT2D eigenvalue weighted by atomic mass is 10.2. The molecule has 0 heterocycles. The molecule has 0 aliphatic carbocycles. The smallest absolute Gasteiger partial charge is 0.303 e. The summed E-state index contributed by atoms with van der Waals surface area (Å²) in [6.45, 7) is 3.98. The van der Waals surface area contributed by atoms with E-state index in [-0.39, 0.29) is 16.3 Å². The van der Waals surface area contributed by atoms with Crippen molar-refractivity contribution in [3.05, 3.63) is 24.8 Å². The molecule has 0 aromatic rings. The maximum atomic E-state index is 13.4. The van der Waals surface area contributed by atoms with Gasteiger partial charge in [-0.15, -0.1) is 0 Å². The topological polar surface area (TPSA) is 27.7 Å². The van der Waals surface area contributed by atoms with Crippen molar-refractivity contribution < 1.29 is 103 Å². The molecule has 0 aliphatic heterocycles. The molecule has 0 aromatic heterocycles. The maximum Gasteiger partial charge on any atom is 0.458 e. The molecule has 0 fully saturated rings. The van der Waals surface area contributed by atoms with E-state index in [0.29, 0.717) is 6.92 Å². The molecule has 0 amide bonds. The summed E-state index contributed by atoms with van der Waals surface area (Å²) in [6, 6.07) is 0. The molecule has 3 atom stereocenters. The quantitative estimate of drug-likeness (QED) is 0.243. The fourth-order valence-corrected chi connectivity index (χ4v) is 1.23. The van der Waals surface area contributed by atoms with Crippen molar-refractivity contribution in [3.63, 3.8) is 0 Å². The summed E-state index contributed by atoms with van der Waals surface area (Å²) in [5.74, 6) is -12.2. The lowest BCUT2D eigenvalue weighted by molar-refractivity contribution is -0.505. The van der Waals surface area contributed by atoms with Gasteiger partial charge in [0.25, 0.3) is 0 Å². The highest BCUT2D eigenvalue weighted by Crippen LogP contribution is 2.51. The van der Waals surface area contributed by atoms with E-state index in [9.17, 15) is 79.0 Å². The van der Waals surface area contributed by atoms with Crippen LogP contribution in [-0.4, -0.2) is 54.9 Å². The van der Waals surface area contributed by atoms with Crippen LogP contribution in [0.1, 0.15) is 13.8 Å². The Bertz CT molecular complexity index is 754. The fraction of sp³-hybridized carbons (Fsp3) is 0.733. The standard InChI is InChI=1S/C9H6F12O2.C6H6F6O.2FH/c1-3(10)6(14,15)23-7(16,8(17,18)19)9(20,21)22-4(2)5(11,12)13;1-3(7)6(11,12)13-4(2)5(8,9)10;;/h4H,1H2,2H3;4H,1H2,2H3;2*1H. The first kappa shape index (κ1) is 43.0. The first-order valence-corrected chi connectivity index (χ1v) is 8.13. The maximum absolute atomic E-state index is 13.4. The van der Waals surface area contributed by atoms with E-state index >= 15 is 0 Å². The van der Waals surface area contributed by atoms with Gasteiger partial charge in [0, 0.05) is 0 Å². The molecule has 38 heavy (non-hydrogen) atoms. The number of ether oxygens (including phenoxy) is 3. The molecular weight excluding hydrogens is 608 g/mol. The molecule has 3 nitrogen and oxygen atoms in total. The van der Waals surface area contributed by atoms with Crippen LogP contribution in [-0.2, 0) is 14.2 Å². The highest BCUT2D eigenvalue weighted by atomic mass is 19.4. The molecule has 232 valence electrons. The van der Waals surface area contributed by atoms with Crippen LogP contribution in [0.3, 0.4) is 0 Å². The first-order chi connectivity index (χ1) is 15.3. The van der Waals surface area contributed by atoms with Crippen LogP contribution in [0.2, 0.25) is 0 Å². The highest BCUT2D eigenvalue weighted by molar-refractivity contribution is 4.96. The van der Waals surface area contributed by atoms with E-state index in [0.717, 1.165) is 0 Å². The van der Waals surface area contributed by atoms with Crippen molar-refractivity contribution in [1.29, 1.82) is 0 Å². The second-order valence-corrected chi connectivity index (χ2v) is 6.16. The molecule has 0 aliphatic rings. The Morgan fingerprint density at radius 1 is 0.553 bits per heavy atom. The van der Waals surface area contributed by atoms with Crippen LogP contribution in [0.5, 0.6) is 0 Å². The Hall–Kier alpha value is -2.04. The molecule has 0 spiro atoms. The van der Waals surface area contributed by atoms with Gasteiger partial charge in [-0.25, -0.2) is 8.78 Å². The SMILES string of the molecule is C=C(F)C(F)(F)OC(C)C(F)(F)F.C=C(F)C(F)(F)OC(F)(C(F)(F)F)C(F)(F)OC(C)C(F)(F)F.F.F. The lowest BCUT2D eigenvalue weighted by Crippen LogP contribution is -2.62. The van der Waals surface area contributed by atoms with Crippen LogP contribution < -0.4 is 0 Å². The molecule has 0 N–H and O–H groups in total. The van der Waals surface area contributed by atoms with Gasteiger partial charge in [-0.05, 0) is 13.8 Å². The zero-order valence-electron chi connectivity index (χ0n) is 17.9. The summed E-state index contributed by atoms with van der Waals surface area (Å²) in [7, 11) is 0. The van der Waals surface area contributed by atoms with Gasteiger partial charge in [0.1, 0.15) is 0 Å². The van der Waals surface area contributed by atoms with E-state index in [1.165, 1.54) is 0 Å². The van der Waals surface area contributed by atoms with E-state index in [1.807, 2.05) is 0 Å². The molecule has 0 bridgehead atoms. The van der Waals surface area contributed by atoms with Gasteiger partial charge in [-0.3, -0.25) is 14.1 Å². The number of hydrogen-bond acceptors (Lipinski definition) is 3. The van der Waals surface area contributed by atoms with Crippen molar-refractivity contribution in [3.8, 4) is 0 Å². The minimum Gasteiger partial charge on any atom is -0.303 e. The van der Waals surface area contributed by atoms with Crippen molar-refractivity contribution in [1.82, 2.24) is 0 Å². The van der Waals surface area contributed by atoms with Crippen LogP contribution in [0, 0.1) is 0 Å². The monoisotopic (exact) mass is 622 g/mol. The number of hydrogen-bond donors (Lipinski definition) is 0. The van der Waals surface area contributed by atoms with Gasteiger partial charge in [-0.2, -0.15) is 70.2 Å². The van der Waals surface area contributed by atoms with E-state index in [4.69, 9.17) is 0 Å². The Kier molecular flexibility index (Phi) is 15.1. The van der Waals surface area contributed by atoms with Gasteiger partial charge >= 0.3 is 42.7 Å². The minimum atomic E-state index is -7.03. The van der Waals surface area contributed by atoms with Crippen molar-refractivity contribution in [2.45, 2.75) is 68.8 Å². The summed E-state index contributed by atoms with van der Waals surface area (Å²) in [5.41, 5.74) is 0. The molecule has 0 saturated heterocycles. The number of halogens is 20. The average molecular weight is 622 g/mol. The molecule has 3 unspecified atom stereocenters. The third kappa shape index (κ3) is 11.8. The third-order valence-corrected chi connectivity index (χ3v) is 3.21. The number of alkyl halides is 16. The lowest BCUT2D eigenvalue weighted by Gasteiger charge is -2.36. The normalized spacial score (nSPS) is 16.5. The number of rotatable bonds is 9. The average Bonchev–Trinajstić information content (AvgIpc) is 2.58. The summed E-state index contributed by atoms with van der Waals surface area (Å²) >= 11 is 0. The molecule has 0 radical (unpaired) electrons. The molecule has 23 heteroatoms. The van der Waals surface area contributed by atoms with Gasteiger partial charge in [0.2, 0.25) is 0 Å². The summed E-state index contributed by atoms with van der Waals surface area (Å²) < 4.78 is 229. The minimum absolute atomic E-state index is 0. The zero-order chi connectivity index (χ0) is 29.9. The van der Waals surface area contributed by atoms with Gasteiger partial charge in [-0.1, -0.05) is 13.2 Å². The molecule has 0 aromatic carbocycles. The third-order valence-electron chi connectivity index (χ3n) is 3.21. The predicted molar refractivity (Wildman–Crippen MR) is 84.5 cm³/mol. The molecular formula is C15H14F20O3. The van der Waals surface area contributed by atoms with Crippen LogP contribution in [0.15, 0.2) is 24.8 Å². The van der Waals surface area contributed by atoms with Gasteiger partial charge in [0.15, 0.2) is 23.9 Å². The van der Waals surface area contributed by atoms with Crippen LogP contribution >= 0.6 is 0 Å². The summed E-state index contributed by atoms with van der Waals surface area (Å²) in [6.07, 6.45) is -41.3. The molecule has 0 saturated carbocycles. The van der Waals surface area contributed by atoms with Gasteiger partial charge in [0.05, 0.1) is 0 Å².